The number of carbonyl (C=O) groups excluding carboxylic acids is 1. The molecule has 0 bridgehead atoms. The number of aromatic nitrogens is 2. The minimum absolute atomic E-state index is 0.0171. The lowest BCUT2D eigenvalue weighted by Crippen LogP contribution is -2.32. The van der Waals surface area contributed by atoms with E-state index in [0.717, 1.165) is 48.4 Å². The van der Waals surface area contributed by atoms with Gasteiger partial charge in [-0.15, -0.1) is 0 Å². The number of benzene rings is 1. The van der Waals surface area contributed by atoms with Crippen molar-refractivity contribution < 1.29 is 9.53 Å². The second-order valence-electron chi connectivity index (χ2n) is 6.71. The first-order valence-electron chi connectivity index (χ1n) is 8.60. The molecular formula is C18H21N3O2S. The fraction of sp³-hybridized carbons (Fsp3) is 0.500. The molecule has 0 aliphatic heterocycles. The van der Waals surface area contributed by atoms with E-state index < -0.39 is 0 Å². The number of hydrogen-bond acceptors (Lipinski definition) is 5. The van der Waals surface area contributed by atoms with Crippen molar-refractivity contribution in [1.82, 2.24) is 13.6 Å². The van der Waals surface area contributed by atoms with Crippen LogP contribution in [0.2, 0.25) is 0 Å². The molecule has 2 aliphatic carbocycles. The molecular weight excluding hydrogens is 322 g/mol. The van der Waals surface area contributed by atoms with Crippen molar-refractivity contribution >= 4 is 17.6 Å². The van der Waals surface area contributed by atoms with Crippen molar-refractivity contribution in [2.45, 2.75) is 44.7 Å². The summed E-state index contributed by atoms with van der Waals surface area (Å²) in [6, 6.07) is 8.46. The van der Waals surface area contributed by atoms with E-state index in [-0.39, 0.29) is 5.91 Å². The van der Waals surface area contributed by atoms with Crippen LogP contribution in [-0.2, 0) is 6.54 Å². The van der Waals surface area contributed by atoms with Gasteiger partial charge in [-0.1, -0.05) is 18.6 Å². The van der Waals surface area contributed by atoms with E-state index in [1.165, 1.54) is 19.3 Å². The van der Waals surface area contributed by atoms with Crippen LogP contribution >= 0.6 is 11.7 Å². The third kappa shape index (κ3) is 3.59. The highest BCUT2D eigenvalue weighted by molar-refractivity contribution is 6.99. The van der Waals surface area contributed by atoms with E-state index in [4.69, 9.17) is 4.74 Å². The molecule has 1 amide bonds. The standard InChI is InChI=1S/C18H21N3O2S/c22-18(17-10-19-24-20-17)21(15-6-7-15)11-13-4-8-16(9-5-13)23-12-14-2-1-3-14/h4-5,8-10,14-15H,1-3,6-7,11-12H2. The van der Waals surface area contributed by atoms with Gasteiger partial charge in [0, 0.05) is 12.6 Å². The Bertz CT molecular complexity index is 679. The molecule has 2 fully saturated rings. The average molecular weight is 343 g/mol. The van der Waals surface area contributed by atoms with Gasteiger partial charge in [-0.3, -0.25) is 4.79 Å². The van der Waals surface area contributed by atoms with E-state index in [2.05, 4.69) is 20.9 Å². The Morgan fingerprint density at radius 1 is 1.21 bits per heavy atom. The molecule has 5 nitrogen and oxygen atoms in total. The zero-order valence-corrected chi connectivity index (χ0v) is 14.4. The molecule has 1 aromatic heterocycles. The van der Waals surface area contributed by atoms with E-state index in [1.807, 2.05) is 17.0 Å². The van der Waals surface area contributed by atoms with E-state index >= 15 is 0 Å². The molecule has 2 aliphatic rings. The number of carbonyl (C=O) groups is 1. The summed E-state index contributed by atoms with van der Waals surface area (Å²) in [5.41, 5.74) is 1.57. The highest BCUT2D eigenvalue weighted by atomic mass is 32.1. The van der Waals surface area contributed by atoms with Crippen LogP contribution in [0, 0.1) is 5.92 Å². The smallest absolute Gasteiger partial charge is 0.275 e. The van der Waals surface area contributed by atoms with Gasteiger partial charge in [0.15, 0.2) is 5.69 Å². The summed E-state index contributed by atoms with van der Waals surface area (Å²) in [6.45, 7) is 1.44. The van der Waals surface area contributed by atoms with Gasteiger partial charge in [0.25, 0.3) is 5.91 Å². The maximum atomic E-state index is 12.6. The van der Waals surface area contributed by atoms with Crippen molar-refractivity contribution in [3.63, 3.8) is 0 Å². The SMILES string of the molecule is O=C(c1cnsn1)N(Cc1ccc(OCC2CCC2)cc1)C1CC1. The summed E-state index contributed by atoms with van der Waals surface area (Å²) in [5, 5.41) is 0. The van der Waals surface area contributed by atoms with Crippen molar-refractivity contribution in [3.8, 4) is 5.75 Å². The molecule has 4 rings (SSSR count). The molecule has 0 saturated heterocycles. The number of amides is 1. The Morgan fingerprint density at radius 3 is 2.58 bits per heavy atom. The lowest BCUT2D eigenvalue weighted by atomic mass is 9.86. The number of rotatable bonds is 7. The van der Waals surface area contributed by atoms with Gasteiger partial charge in [0.1, 0.15) is 5.75 Å². The average Bonchev–Trinajstić information content (AvgIpc) is 3.25. The van der Waals surface area contributed by atoms with Crippen molar-refractivity contribution in [3.05, 3.63) is 41.7 Å². The Balaban J connectivity index is 1.38. The molecule has 2 aromatic rings. The third-order valence-corrected chi connectivity index (χ3v) is 5.29. The molecule has 126 valence electrons. The summed E-state index contributed by atoms with van der Waals surface area (Å²) < 4.78 is 13.9. The largest absolute Gasteiger partial charge is 0.493 e. The van der Waals surface area contributed by atoms with Crippen LogP contribution in [0.1, 0.15) is 48.2 Å². The van der Waals surface area contributed by atoms with Crippen LogP contribution in [0.15, 0.2) is 30.5 Å². The zero-order chi connectivity index (χ0) is 16.4. The maximum Gasteiger partial charge on any atom is 0.275 e. The summed E-state index contributed by atoms with van der Waals surface area (Å²) in [7, 11) is 0. The highest BCUT2D eigenvalue weighted by Gasteiger charge is 2.34. The van der Waals surface area contributed by atoms with Crippen LogP contribution in [0.25, 0.3) is 0 Å². The van der Waals surface area contributed by atoms with E-state index in [9.17, 15) is 4.79 Å². The Hall–Kier alpha value is -1.95. The van der Waals surface area contributed by atoms with Crippen molar-refractivity contribution in [1.29, 1.82) is 0 Å². The minimum Gasteiger partial charge on any atom is -0.493 e. The Morgan fingerprint density at radius 2 is 2.00 bits per heavy atom. The van der Waals surface area contributed by atoms with E-state index in [0.29, 0.717) is 18.3 Å². The first-order valence-corrected chi connectivity index (χ1v) is 9.33. The number of hydrogen-bond donors (Lipinski definition) is 0. The van der Waals surface area contributed by atoms with Crippen LogP contribution < -0.4 is 4.74 Å². The molecule has 2 saturated carbocycles. The van der Waals surface area contributed by atoms with Gasteiger partial charge in [-0.2, -0.15) is 8.75 Å². The molecule has 0 radical (unpaired) electrons. The van der Waals surface area contributed by atoms with Crippen molar-refractivity contribution in [2.75, 3.05) is 6.61 Å². The minimum atomic E-state index is -0.0171. The van der Waals surface area contributed by atoms with Crippen LogP contribution in [0.3, 0.4) is 0 Å². The first-order chi connectivity index (χ1) is 11.8. The van der Waals surface area contributed by atoms with Gasteiger partial charge in [0.2, 0.25) is 0 Å². The zero-order valence-electron chi connectivity index (χ0n) is 13.6. The lowest BCUT2D eigenvalue weighted by Gasteiger charge is -2.25. The lowest BCUT2D eigenvalue weighted by molar-refractivity contribution is 0.0725. The molecule has 6 heteroatoms. The predicted molar refractivity (Wildman–Crippen MR) is 92.1 cm³/mol. The van der Waals surface area contributed by atoms with Crippen LogP contribution in [0.5, 0.6) is 5.75 Å². The summed E-state index contributed by atoms with van der Waals surface area (Å²) in [4.78, 5) is 14.5. The van der Waals surface area contributed by atoms with Gasteiger partial charge in [-0.25, -0.2) is 0 Å². The Kier molecular flexibility index (Phi) is 4.47. The molecule has 24 heavy (non-hydrogen) atoms. The molecule has 0 spiro atoms. The molecule has 0 atom stereocenters. The summed E-state index contributed by atoms with van der Waals surface area (Å²) >= 11 is 1.08. The van der Waals surface area contributed by atoms with E-state index in [1.54, 1.807) is 6.20 Å². The second-order valence-corrected chi connectivity index (χ2v) is 7.27. The van der Waals surface area contributed by atoms with Crippen LogP contribution in [0.4, 0.5) is 0 Å². The fourth-order valence-electron chi connectivity index (χ4n) is 2.92. The number of nitrogens with zero attached hydrogens (tertiary/aromatic N) is 3. The first kappa shape index (κ1) is 15.6. The summed E-state index contributed by atoms with van der Waals surface area (Å²) in [5.74, 6) is 1.63. The van der Waals surface area contributed by atoms with Gasteiger partial charge in [-0.05, 0) is 49.3 Å². The van der Waals surface area contributed by atoms with Gasteiger partial charge < -0.3 is 9.64 Å². The van der Waals surface area contributed by atoms with Crippen molar-refractivity contribution in [2.24, 2.45) is 5.92 Å². The number of ether oxygens (including phenoxy) is 1. The quantitative estimate of drug-likeness (QED) is 0.772. The fourth-order valence-corrected chi connectivity index (χ4v) is 3.33. The molecule has 1 aromatic carbocycles. The molecule has 0 unspecified atom stereocenters. The van der Waals surface area contributed by atoms with Crippen LogP contribution in [-0.4, -0.2) is 32.2 Å². The third-order valence-electron chi connectivity index (χ3n) is 4.82. The monoisotopic (exact) mass is 343 g/mol. The van der Waals surface area contributed by atoms with Gasteiger partial charge >= 0.3 is 0 Å². The maximum absolute atomic E-state index is 12.6. The topological polar surface area (TPSA) is 55.3 Å². The summed E-state index contributed by atoms with van der Waals surface area (Å²) in [6.07, 6.45) is 7.63. The second kappa shape index (κ2) is 6.89. The normalized spacial score (nSPS) is 17.3. The highest BCUT2D eigenvalue weighted by Crippen LogP contribution is 2.30. The van der Waals surface area contributed by atoms with Gasteiger partial charge in [0.05, 0.1) is 24.5 Å². The molecule has 1 heterocycles. The molecule has 0 N–H and O–H groups in total. The predicted octanol–water partition coefficient (Wildman–Crippen LogP) is 3.52. The Labute approximate surface area is 146 Å².